The van der Waals surface area contributed by atoms with Crippen molar-refractivity contribution in [2.24, 2.45) is 0 Å². The fraction of sp³-hybridized carbons (Fsp3) is 0.250. The lowest BCUT2D eigenvalue weighted by Gasteiger charge is -2.19. The molecule has 0 amide bonds. The second kappa shape index (κ2) is 6.80. The lowest BCUT2D eigenvalue weighted by atomic mass is 10.1. The van der Waals surface area contributed by atoms with E-state index in [0.29, 0.717) is 17.1 Å². The second-order valence-electron chi connectivity index (χ2n) is 4.60. The minimum absolute atomic E-state index is 0.209. The van der Waals surface area contributed by atoms with Gasteiger partial charge in [-0.3, -0.25) is 0 Å². The molecule has 1 atom stereocenters. The van der Waals surface area contributed by atoms with Gasteiger partial charge in [0.1, 0.15) is 17.3 Å². The van der Waals surface area contributed by atoms with E-state index in [0.717, 1.165) is 10.2 Å². The first kappa shape index (κ1) is 15.6. The Hall–Kier alpha value is -1.75. The van der Waals surface area contributed by atoms with Gasteiger partial charge in [-0.2, -0.15) is 0 Å². The lowest BCUT2D eigenvalue weighted by Crippen LogP contribution is -2.09. The van der Waals surface area contributed by atoms with E-state index < -0.39 is 0 Å². The standard InChI is InChI=1S/C16H17BrFNO2/c1-10(13-6-5-12(20-2)9-14(13)18)19-15-8-11(17)4-7-16(15)21-3/h4-10,19H,1-3H3. The van der Waals surface area contributed by atoms with Gasteiger partial charge >= 0.3 is 0 Å². The van der Waals surface area contributed by atoms with E-state index >= 15 is 0 Å². The molecular weight excluding hydrogens is 337 g/mol. The zero-order chi connectivity index (χ0) is 15.4. The first-order valence-electron chi connectivity index (χ1n) is 6.48. The van der Waals surface area contributed by atoms with Gasteiger partial charge in [0.05, 0.1) is 25.9 Å². The van der Waals surface area contributed by atoms with E-state index in [1.807, 2.05) is 25.1 Å². The molecule has 0 saturated carbocycles. The number of halogens is 2. The minimum atomic E-state index is -0.302. The highest BCUT2D eigenvalue weighted by Gasteiger charge is 2.14. The molecule has 1 unspecified atom stereocenters. The van der Waals surface area contributed by atoms with Crippen molar-refractivity contribution in [2.75, 3.05) is 19.5 Å². The fourth-order valence-electron chi connectivity index (χ4n) is 2.09. The zero-order valence-electron chi connectivity index (χ0n) is 12.1. The minimum Gasteiger partial charge on any atom is -0.497 e. The molecule has 0 fully saturated rings. The molecule has 112 valence electrons. The van der Waals surface area contributed by atoms with Gasteiger partial charge in [-0.1, -0.05) is 22.0 Å². The highest BCUT2D eigenvalue weighted by molar-refractivity contribution is 9.10. The first-order valence-corrected chi connectivity index (χ1v) is 7.28. The average molecular weight is 354 g/mol. The van der Waals surface area contributed by atoms with Crippen molar-refractivity contribution in [1.29, 1.82) is 0 Å². The third kappa shape index (κ3) is 3.67. The number of rotatable bonds is 5. The summed E-state index contributed by atoms with van der Waals surface area (Å²) in [7, 11) is 3.12. The van der Waals surface area contributed by atoms with Crippen LogP contribution in [0.15, 0.2) is 40.9 Å². The van der Waals surface area contributed by atoms with Crippen LogP contribution < -0.4 is 14.8 Å². The van der Waals surface area contributed by atoms with Crippen LogP contribution in [-0.2, 0) is 0 Å². The number of hydrogen-bond acceptors (Lipinski definition) is 3. The molecule has 21 heavy (non-hydrogen) atoms. The predicted molar refractivity (Wildman–Crippen MR) is 85.7 cm³/mol. The molecule has 2 aromatic rings. The normalized spacial score (nSPS) is 11.9. The van der Waals surface area contributed by atoms with E-state index in [4.69, 9.17) is 9.47 Å². The molecule has 5 heteroatoms. The van der Waals surface area contributed by atoms with Gasteiger partial charge in [0.2, 0.25) is 0 Å². The Balaban J connectivity index is 2.25. The number of hydrogen-bond donors (Lipinski definition) is 1. The topological polar surface area (TPSA) is 30.5 Å². The van der Waals surface area contributed by atoms with Crippen molar-refractivity contribution in [3.63, 3.8) is 0 Å². The summed E-state index contributed by atoms with van der Waals surface area (Å²) in [5.41, 5.74) is 1.37. The number of ether oxygens (including phenoxy) is 2. The number of anilines is 1. The third-order valence-electron chi connectivity index (χ3n) is 3.21. The molecule has 0 bridgehead atoms. The van der Waals surface area contributed by atoms with Gasteiger partial charge < -0.3 is 14.8 Å². The Morgan fingerprint density at radius 3 is 2.48 bits per heavy atom. The molecule has 0 heterocycles. The molecule has 0 aliphatic heterocycles. The van der Waals surface area contributed by atoms with Crippen molar-refractivity contribution in [2.45, 2.75) is 13.0 Å². The van der Waals surface area contributed by atoms with Gasteiger partial charge in [0.25, 0.3) is 0 Å². The quantitative estimate of drug-likeness (QED) is 0.838. The monoisotopic (exact) mass is 353 g/mol. The maximum absolute atomic E-state index is 14.1. The van der Waals surface area contributed by atoms with Gasteiger partial charge in [0.15, 0.2) is 0 Å². The van der Waals surface area contributed by atoms with Crippen LogP contribution in [-0.4, -0.2) is 14.2 Å². The summed E-state index contributed by atoms with van der Waals surface area (Å²) < 4.78 is 25.3. The average Bonchev–Trinajstić information content (AvgIpc) is 2.47. The summed E-state index contributed by atoms with van der Waals surface area (Å²) in [6.07, 6.45) is 0. The van der Waals surface area contributed by atoms with Gasteiger partial charge in [-0.25, -0.2) is 4.39 Å². The smallest absolute Gasteiger partial charge is 0.142 e. The Morgan fingerprint density at radius 2 is 1.86 bits per heavy atom. The van der Waals surface area contributed by atoms with E-state index in [2.05, 4.69) is 21.2 Å². The molecular formula is C16H17BrFNO2. The van der Waals surface area contributed by atoms with Gasteiger partial charge in [-0.05, 0) is 31.2 Å². The molecule has 0 saturated heterocycles. The van der Waals surface area contributed by atoms with Crippen molar-refractivity contribution < 1.29 is 13.9 Å². The molecule has 0 spiro atoms. The molecule has 2 aromatic carbocycles. The SMILES string of the molecule is COc1ccc(C(C)Nc2cc(Br)ccc2OC)c(F)c1. The van der Waals surface area contributed by atoms with E-state index in [9.17, 15) is 4.39 Å². The van der Waals surface area contributed by atoms with Crippen LogP contribution in [0.4, 0.5) is 10.1 Å². The molecule has 2 rings (SSSR count). The van der Waals surface area contributed by atoms with E-state index in [1.54, 1.807) is 19.2 Å². The Morgan fingerprint density at radius 1 is 1.10 bits per heavy atom. The van der Waals surface area contributed by atoms with Crippen molar-refractivity contribution in [3.8, 4) is 11.5 Å². The van der Waals surface area contributed by atoms with Crippen molar-refractivity contribution in [3.05, 3.63) is 52.3 Å². The van der Waals surface area contributed by atoms with Gasteiger partial charge in [-0.15, -0.1) is 0 Å². The van der Waals surface area contributed by atoms with E-state index in [-0.39, 0.29) is 11.9 Å². The maximum atomic E-state index is 14.1. The van der Waals surface area contributed by atoms with Crippen LogP contribution in [0.2, 0.25) is 0 Å². The Kier molecular flexibility index (Phi) is 5.07. The summed E-state index contributed by atoms with van der Waals surface area (Å²) in [5, 5.41) is 3.26. The van der Waals surface area contributed by atoms with Crippen LogP contribution in [0.1, 0.15) is 18.5 Å². The first-order chi connectivity index (χ1) is 10.0. The maximum Gasteiger partial charge on any atom is 0.142 e. The summed E-state index contributed by atoms with van der Waals surface area (Å²) in [4.78, 5) is 0. The lowest BCUT2D eigenvalue weighted by molar-refractivity contribution is 0.410. The van der Waals surface area contributed by atoms with Crippen LogP contribution >= 0.6 is 15.9 Å². The van der Waals surface area contributed by atoms with Crippen molar-refractivity contribution in [1.82, 2.24) is 0 Å². The molecule has 3 nitrogen and oxygen atoms in total. The fourth-order valence-corrected chi connectivity index (χ4v) is 2.45. The predicted octanol–water partition coefficient (Wildman–Crippen LogP) is 4.78. The largest absolute Gasteiger partial charge is 0.497 e. The van der Waals surface area contributed by atoms with Crippen LogP contribution in [0.5, 0.6) is 11.5 Å². The number of nitrogens with one attached hydrogen (secondary N) is 1. The number of methoxy groups -OCH3 is 2. The second-order valence-corrected chi connectivity index (χ2v) is 5.51. The Labute approximate surface area is 132 Å². The summed E-state index contributed by atoms with van der Waals surface area (Å²) in [5.74, 6) is 0.908. The molecule has 0 aliphatic carbocycles. The van der Waals surface area contributed by atoms with Gasteiger partial charge in [0, 0.05) is 16.1 Å². The molecule has 0 aromatic heterocycles. The zero-order valence-corrected chi connectivity index (χ0v) is 13.7. The summed E-state index contributed by atoms with van der Waals surface area (Å²) in [6.45, 7) is 1.89. The number of benzene rings is 2. The van der Waals surface area contributed by atoms with Crippen LogP contribution in [0.3, 0.4) is 0 Å². The van der Waals surface area contributed by atoms with E-state index in [1.165, 1.54) is 13.2 Å². The highest BCUT2D eigenvalue weighted by atomic mass is 79.9. The Bertz CT molecular complexity index is 634. The highest BCUT2D eigenvalue weighted by Crippen LogP contribution is 2.32. The van der Waals surface area contributed by atoms with Crippen molar-refractivity contribution >= 4 is 21.6 Å². The molecule has 1 N–H and O–H groups in total. The van der Waals surface area contributed by atoms with Crippen LogP contribution in [0.25, 0.3) is 0 Å². The third-order valence-corrected chi connectivity index (χ3v) is 3.70. The molecule has 0 radical (unpaired) electrons. The molecule has 0 aliphatic rings. The summed E-state index contributed by atoms with van der Waals surface area (Å²) >= 11 is 3.42. The summed E-state index contributed by atoms with van der Waals surface area (Å²) in [6, 6.07) is 10.3. The van der Waals surface area contributed by atoms with Crippen LogP contribution in [0, 0.1) is 5.82 Å².